The Morgan fingerprint density at radius 3 is 2.46 bits per heavy atom. The van der Waals surface area contributed by atoms with Crippen LogP contribution >= 0.6 is 0 Å². The lowest BCUT2D eigenvalue weighted by Gasteiger charge is -2.26. The Balaban J connectivity index is 1.76. The summed E-state index contributed by atoms with van der Waals surface area (Å²) in [5, 5.41) is 21.8. The van der Waals surface area contributed by atoms with Gasteiger partial charge in [0.05, 0.1) is 5.56 Å². The molecule has 1 fully saturated rings. The van der Waals surface area contributed by atoms with Crippen LogP contribution in [0.5, 0.6) is 0 Å². The second-order valence-corrected chi connectivity index (χ2v) is 6.34. The van der Waals surface area contributed by atoms with Gasteiger partial charge in [-0.25, -0.2) is 9.59 Å². The lowest BCUT2D eigenvalue weighted by Crippen LogP contribution is -2.36. The second-order valence-electron chi connectivity index (χ2n) is 6.34. The molecule has 0 saturated carbocycles. The van der Waals surface area contributed by atoms with Crippen LogP contribution in [0.25, 0.3) is 0 Å². The molecule has 2 heterocycles. The van der Waals surface area contributed by atoms with Crippen molar-refractivity contribution in [2.75, 3.05) is 32.7 Å². The van der Waals surface area contributed by atoms with E-state index in [2.05, 4.69) is 15.2 Å². The number of carboxylic acids is 2. The molecule has 7 nitrogen and oxygen atoms in total. The number of nitrogens with one attached hydrogen (secondary N) is 2. The quantitative estimate of drug-likeness (QED) is 0.511. The van der Waals surface area contributed by atoms with E-state index in [0.717, 1.165) is 26.1 Å². The van der Waals surface area contributed by atoms with E-state index in [0.29, 0.717) is 17.7 Å². The van der Waals surface area contributed by atoms with Crippen LogP contribution < -0.4 is 5.32 Å². The third-order valence-electron chi connectivity index (χ3n) is 4.59. The molecule has 134 valence electrons. The summed E-state index contributed by atoms with van der Waals surface area (Å²) >= 11 is 0. The van der Waals surface area contributed by atoms with Crippen molar-refractivity contribution in [2.24, 2.45) is 0 Å². The molecule has 0 aliphatic carbocycles. The first kappa shape index (κ1) is 18.5. The van der Waals surface area contributed by atoms with E-state index >= 15 is 0 Å². The standard InChI is InChI=1S/C17H27N3O4/c1-12-14(16(21)22)13(19-15(12)17(23)24)6-5-7-18-8-11-20-9-3-2-4-10-20/h18-19H,2-11H2,1H3,(H,21,22)(H,23,24). The Labute approximate surface area is 142 Å². The van der Waals surface area contributed by atoms with Crippen molar-refractivity contribution < 1.29 is 19.8 Å². The molecule has 1 saturated heterocycles. The maximum atomic E-state index is 11.4. The maximum Gasteiger partial charge on any atom is 0.352 e. The van der Waals surface area contributed by atoms with E-state index in [9.17, 15) is 14.7 Å². The Morgan fingerprint density at radius 1 is 1.12 bits per heavy atom. The Hall–Kier alpha value is -1.86. The van der Waals surface area contributed by atoms with Gasteiger partial charge >= 0.3 is 11.9 Å². The molecule has 0 unspecified atom stereocenters. The minimum atomic E-state index is -1.12. The van der Waals surface area contributed by atoms with Crippen LogP contribution in [0.3, 0.4) is 0 Å². The largest absolute Gasteiger partial charge is 0.478 e. The van der Waals surface area contributed by atoms with E-state index < -0.39 is 11.9 Å². The third-order valence-corrected chi connectivity index (χ3v) is 4.59. The Morgan fingerprint density at radius 2 is 1.83 bits per heavy atom. The topological polar surface area (TPSA) is 106 Å². The van der Waals surface area contributed by atoms with Gasteiger partial charge < -0.3 is 25.4 Å². The van der Waals surface area contributed by atoms with Crippen molar-refractivity contribution in [3.05, 3.63) is 22.5 Å². The van der Waals surface area contributed by atoms with E-state index in [1.54, 1.807) is 0 Å². The number of H-pyrrole nitrogens is 1. The summed E-state index contributed by atoms with van der Waals surface area (Å²) in [5.74, 6) is -2.20. The molecule has 7 heteroatoms. The van der Waals surface area contributed by atoms with Crippen LogP contribution in [0, 0.1) is 6.92 Å². The first-order chi connectivity index (χ1) is 11.5. The Bertz CT molecular complexity index is 577. The Kier molecular flexibility index (Phi) is 6.81. The van der Waals surface area contributed by atoms with Gasteiger partial charge in [-0.1, -0.05) is 6.42 Å². The average Bonchev–Trinajstić information content (AvgIpc) is 2.88. The molecule has 0 atom stereocenters. The van der Waals surface area contributed by atoms with Crippen LogP contribution in [-0.2, 0) is 6.42 Å². The van der Waals surface area contributed by atoms with Crippen molar-refractivity contribution in [1.29, 1.82) is 0 Å². The average molecular weight is 337 g/mol. The smallest absolute Gasteiger partial charge is 0.352 e. The summed E-state index contributed by atoms with van der Waals surface area (Å²) in [6.07, 6.45) is 5.20. The van der Waals surface area contributed by atoms with Gasteiger partial charge in [0.15, 0.2) is 0 Å². The van der Waals surface area contributed by atoms with Gasteiger partial charge in [-0.3, -0.25) is 0 Å². The summed E-state index contributed by atoms with van der Waals surface area (Å²) in [4.78, 5) is 27.7. The predicted octanol–water partition coefficient (Wildman–Crippen LogP) is 1.73. The van der Waals surface area contributed by atoms with E-state index in [1.807, 2.05) is 0 Å². The number of piperidine rings is 1. The number of aryl methyl sites for hydroxylation is 1. The monoisotopic (exact) mass is 337 g/mol. The van der Waals surface area contributed by atoms with Crippen LogP contribution in [0.1, 0.15) is 57.8 Å². The highest BCUT2D eigenvalue weighted by molar-refractivity contribution is 5.97. The number of rotatable bonds is 9. The normalized spacial score (nSPS) is 15.5. The van der Waals surface area contributed by atoms with E-state index in [-0.39, 0.29) is 11.3 Å². The number of aromatic nitrogens is 1. The van der Waals surface area contributed by atoms with Crippen molar-refractivity contribution in [1.82, 2.24) is 15.2 Å². The zero-order valence-corrected chi connectivity index (χ0v) is 14.2. The van der Waals surface area contributed by atoms with Crippen molar-refractivity contribution >= 4 is 11.9 Å². The van der Waals surface area contributed by atoms with Crippen LogP contribution in [0.4, 0.5) is 0 Å². The molecule has 0 bridgehead atoms. The van der Waals surface area contributed by atoms with Gasteiger partial charge in [-0.05, 0) is 57.8 Å². The summed E-state index contributed by atoms with van der Waals surface area (Å²) in [6, 6.07) is 0. The highest BCUT2D eigenvalue weighted by Gasteiger charge is 2.22. The zero-order chi connectivity index (χ0) is 17.5. The number of carboxylic acid groups (broad SMARTS) is 2. The lowest BCUT2D eigenvalue weighted by atomic mass is 10.1. The van der Waals surface area contributed by atoms with Crippen LogP contribution in [-0.4, -0.2) is 64.8 Å². The number of aromatic carboxylic acids is 2. The van der Waals surface area contributed by atoms with E-state index in [1.165, 1.54) is 39.3 Å². The van der Waals surface area contributed by atoms with E-state index in [4.69, 9.17) is 5.11 Å². The number of carbonyl (C=O) groups is 2. The van der Waals surface area contributed by atoms with Gasteiger partial charge in [-0.15, -0.1) is 0 Å². The van der Waals surface area contributed by atoms with Crippen LogP contribution in [0.15, 0.2) is 0 Å². The van der Waals surface area contributed by atoms with Crippen LogP contribution in [0.2, 0.25) is 0 Å². The molecule has 1 aromatic rings. The fourth-order valence-electron chi connectivity index (χ4n) is 3.28. The molecule has 0 amide bonds. The molecular weight excluding hydrogens is 310 g/mol. The number of aromatic amines is 1. The predicted molar refractivity (Wildman–Crippen MR) is 90.9 cm³/mol. The fourth-order valence-corrected chi connectivity index (χ4v) is 3.28. The van der Waals surface area contributed by atoms with Crippen molar-refractivity contribution in [2.45, 2.75) is 39.0 Å². The summed E-state index contributed by atoms with van der Waals surface area (Å²) in [6.45, 7) is 6.66. The second kappa shape index (κ2) is 8.84. The summed E-state index contributed by atoms with van der Waals surface area (Å²) in [7, 11) is 0. The van der Waals surface area contributed by atoms with Gasteiger partial charge in [0.2, 0.25) is 0 Å². The molecule has 0 radical (unpaired) electrons. The molecular formula is C17H27N3O4. The molecule has 1 aromatic heterocycles. The van der Waals surface area contributed by atoms with Gasteiger partial charge in [-0.2, -0.15) is 0 Å². The number of nitrogens with zero attached hydrogens (tertiary/aromatic N) is 1. The molecule has 1 aliphatic rings. The first-order valence-corrected chi connectivity index (χ1v) is 8.61. The number of hydrogen-bond donors (Lipinski definition) is 4. The highest BCUT2D eigenvalue weighted by atomic mass is 16.4. The minimum Gasteiger partial charge on any atom is -0.478 e. The van der Waals surface area contributed by atoms with Crippen molar-refractivity contribution in [3.63, 3.8) is 0 Å². The highest BCUT2D eigenvalue weighted by Crippen LogP contribution is 2.20. The molecule has 0 aromatic carbocycles. The number of hydrogen-bond acceptors (Lipinski definition) is 4. The molecule has 4 N–H and O–H groups in total. The minimum absolute atomic E-state index is 0.0274. The third kappa shape index (κ3) is 4.82. The van der Waals surface area contributed by atoms with Gasteiger partial charge in [0.25, 0.3) is 0 Å². The van der Waals surface area contributed by atoms with Gasteiger partial charge in [0.1, 0.15) is 5.69 Å². The summed E-state index contributed by atoms with van der Waals surface area (Å²) in [5.41, 5.74) is 0.861. The van der Waals surface area contributed by atoms with Crippen molar-refractivity contribution in [3.8, 4) is 0 Å². The zero-order valence-electron chi connectivity index (χ0n) is 14.2. The number of likely N-dealkylation sites (tertiary alicyclic amines) is 1. The molecule has 0 spiro atoms. The SMILES string of the molecule is Cc1c(C(=O)O)[nH]c(CCCNCCN2CCCCC2)c1C(=O)O. The lowest BCUT2D eigenvalue weighted by molar-refractivity contribution is 0.0687. The molecule has 24 heavy (non-hydrogen) atoms. The maximum absolute atomic E-state index is 11.4. The first-order valence-electron chi connectivity index (χ1n) is 8.61. The van der Waals surface area contributed by atoms with Gasteiger partial charge in [0, 0.05) is 18.8 Å². The molecule has 2 rings (SSSR count). The molecule has 1 aliphatic heterocycles. The fraction of sp³-hybridized carbons (Fsp3) is 0.647. The summed E-state index contributed by atoms with van der Waals surface area (Å²) < 4.78 is 0.